The smallest absolute Gasteiger partial charge is 0.289 e. The number of amides is 2. The Balaban J connectivity index is 2.29. The quantitative estimate of drug-likeness (QED) is 0.788. The van der Waals surface area contributed by atoms with Gasteiger partial charge in [-0.15, -0.1) is 0 Å². The molecule has 1 aliphatic rings. The molecule has 2 rings (SSSR count). The minimum absolute atomic E-state index is 0.147. The van der Waals surface area contributed by atoms with Crippen LogP contribution in [0.25, 0.3) is 0 Å². The fourth-order valence-electron chi connectivity index (χ4n) is 1.36. The van der Waals surface area contributed by atoms with Crippen LogP contribution in [0, 0.1) is 0 Å². The molecule has 1 saturated heterocycles. The Labute approximate surface area is 90.9 Å². The van der Waals surface area contributed by atoms with Crippen molar-refractivity contribution in [3.05, 3.63) is 29.8 Å². The van der Waals surface area contributed by atoms with Gasteiger partial charge < -0.3 is 5.11 Å². The molecule has 1 heterocycles. The van der Waals surface area contributed by atoms with Gasteiger partial charge >= 0.3 is 0 Å². The normalized spacial score (nSPS) is 21.1. The summed E-state index contributed by atoms with van der Waals surface area (Å²) in [5.74, 6) is -0.0652. The van der Waals surface area contributed by atoms with Gasteiger partial charge in [-0.1, -0.05) is 12.1 Å². The van der Waals surface area contributed by atoms with Crippen molar-refractivity contribution in [1.29, 1.82) is 0 Å². The van der Waals surface area contributed by atoms with Crippen LogP contribution in [0.3, 0.4) is 0 Å². The molecule has 1 aliphatic heterocycles. The second kappa shape index (κ2) is 3.58. The van der Waals surface area contributed by atoms with Crippen molar-refractivity contribution in [2.45, 2.75) is 5.25 Å². The Kier molecular flexibility index (Phi) is 2.40. The average molecular weight is 223 g/mol. The zero-order chi connectivity index (χ0) is 11.0. The predicted octanol–water partition coefficient (Wildman–Crippen LogP) is 1.76. The van der Waals surface area contributed by atoms with E-state index in [4.69, 9.17) is 5.11 Å². The van der Waals surface area contributed by atoms with Crippen molar-refractivity contribution >= 4 is 22.9 Å². The van der Waals surface area contributed by atoms with E-state index in [1.54, 1.807) is 12.1 Å². The molecule has 0 spiro atoms. The van der Waals surface area contributed by atoms with Crippen molar-refractivity contribution in [1.82, 2.24) is 4.90 Å². The fourth-order valence-corrected chi connectivity index (χ4v) is 2.36. The summed E-state index contributed by atoms with van der Waals surface area (Å²) < 4.78 is 0. The molecule has 0 bridgehead atoms. The van der Waals surface area contributed by atoms with E-state index in [1.807, 2.05) is 0 Å². The molecule has 0 radical (unpaired) electrons. The fraction of sp³-hybridized carbons (Fsp3) is 0.200. The van der Waals surface area contributed by atoms with Crippen molar-refractivity contribution in [2.75, 3.05) is 7.05 Å². The highest BCUT2D eigenvalue weighted by molar-refractivity contribution is 8.14. The first kappa shape index (κ1) is 10.0. The standard InChI is InChI=1S/C10H9NO3S/c1-11-9(13)8(15-10(11)14)6-2-4-7(12)5-3-6/h2-5,8,12H,1H3. The van der Waals surface area contributed by atoms with E-state index in [9.17, 15) is 9.59 Å². The number of nitrogens with zero attached hydrogens (tertiary/aromatic N) is 1. The van der Waals surface area contributed by atoms with Gasteiger partial charge in [-0.05, 0) is 29.5 Å². The number of imide groups is 1. The summed E-state index contributed by atoms with van der Waals surface area (Å²) >= 11 is 0.997. The van der Waals surface area contributed by atoms with Crippen LogP contribution in [0.2, 0.25) is 0 Å². The third-order valence-electron chi connectivity index (χ3n) is 2.24. The highest BCUT2D eigenvalue weighted by Gasteiger charge is 2.37. The summed E-state index contributed by atoms with van der Waals surface area (Å²) in [6, 6.07) is 6.31. The first-order valence-electron chi connectivity index (χ1n) is 4.36. The number of rotatable bonds is 1. The summed E-state index contributed by atoms with van der Waals surface area (Å²) in [4.78, 5) is 24.0. The topological polar surface area (TPSA) is 57.6 Å². The Bertz CT molecular complexity index is 415. The molecule has 4 nitrogen and oxygen atoms in total. The monoisotopic (exact) mass is 223 g/mol. The van der Waals surface area contributed by atoms with E-state index in [1.165, 1.54) is 19.2 Å². The Morgan fingerprint density at radius 3 is 2.33 bits per heavy atom. The number of aromatic hydroxyl groups is 1. The van der Waals surface area contributed by atoms with E-state index in [-0.39, 0.29) is 16.9 Å². The van der Waals surface area contributed by atoms with Crippen molar-refractivity contribution in [3.63, 3.8) is 0 Å². The van der Waals surface area contributed by atoms with Crippen molar-refractivity contribution in [3.8, 4) is 5.75 Å². The van der Waals surface area contributed by atoms with Crippen LogP contribution < -0.4 is 0 Å². The van der Waals surface area contributed by atoms with E-state index in [0.717, 1.165) is 22.2 Å². The molecule has 2 amide bonds. The maximum atomic E-state index is 11.6. The third-order valence-corrected chi connectivity index (χ3v) is 3.43. The van der Waals surface area contributed by atoms with E-state index in [2.05, 4.69) is 0 Å². The van der Waals surface area contributed by atoms with Gasteiger partial charge in [0.05, 0.1) is 0 Å². The minimum atomic E-state index is -0.469. The average Bonchev–Trinajstić information content (AvgIpc) is 2.47. The van der Waals surface area contributed by atoms with Crippen LogP contribution >= 0.6 is 11.8 Å². The summed E-state index contributed by atoms with van der Waals surface area (Å²) in [6.07, 6.45) is 0. The first-order valence-corrected chi connectivity index (χ1v) is 5.24. The number of hydrogen-bond donors (Lipinski definition) is 1. The van der Waals surface area contributed by atoms with Crippen LogP contribution in [0.1, 0.15) is 10.8 Å². The van der Waals surface area contributed by atoms with Crippen molar-refractivity contribution < 1.29 is 14.7 Å². The second-order valence-electron chi connectivity index (χ2n) is 3.25. The van der Waals surface area contributed by atoms with Gasteiger partial charge in [-0.25, -0.2) is 0 Å². The molecule has 1 fully saturated rings. The van der Waals surface area contributed by atoms with Crippen LogP contribution in [0.5, 0.6) is 5.75 Å². The lowest BCUT2D eigenvalue weighted by molar-refractivity contribution is -0.125. The molecule has 15 heavy (non-hydrogen) atoms. The molecule has 1 atom stereocenters. The largest absolute Gasteiger partial charge is 0.508 e. The van der Waals surface area contributed by atoms with Gasteiger partial charge in [0.2, 0.25) is 5.91 Å². The number of benzene rings is 1. The van der Waals surface area contributed by atoms with Crippen LogP contribution in [-0.2, 0) is 4.79 Å². The molecular weight excluding hydrogens is 214 g/mol. The molecule has 1 aromatic carbocycles. The molecule has 1 unspecified atom stereocenters. The van der Waals surface area contributed by atoms with Gasteiger partial charge in [0.25, 0.3) is 5.24 Å². The number of phenols is 1. The Hall–Kier alpha value is -1.49. The molecule has 0 aliphatic carbocycles. The zero-order valence-electron chi connectivity index (χ0n) is 8.01. The molecule has 1 aromatic rings. The van der Waals surface area contributed by atoms with E-state index in [0.29, 0.717) is 0 Å². The van der Waals surface area contributed by atoms with Gasteiger partial charge in [0, 0.05) is 7.05 Å². The van der Waals surface area contributed by atoms with Gasteiger partial charge in [-0.2, -0.15) is 0 Å². The minimum Gasteiger partial charge on any atom is -0.508 e. The highest BCUT2D eigenvalue weighted by atomic mass is 32.2. The van der Waals surface area contributed by atoms with Gasteiger partial charge in [-0.3, -0.25) is 14.5 Å². The highest BCUT2D eigenvalue weighted by Crippen LogP contribution is 2.38. The molecule has 1 N–H and O–H groups in total. The molecule has 78 valence electrons. The second-order valence-corrected chi connectivity index (χ2v) is 4.31. The number of likely N-dealkylation sites (N-methyl/N-ethyl adjacent to an activating group) is 1. The van der Waals surface area contributed by atoms with Gasteiger partial charge in [0.1, 0.15) is 11.0 Å². The zero-order valence-corrected chi connectivity index (χ0v) is 8.82. The summed E-state index contributed by atoms with van der Waals surface area (Å²) in [6.45, 7) is 0. The number of thioether (sulfide) groups is 1. The van der Waals surface area contributed by atoms with Crippen LogP contribution in [0.4, 0.5) is 4.79 Å². The Morgan fingerprint density at radius 1 is 1.27 bits per heavy atom. The number of carbonyl (C=O) groups is 2. The third kappa shape index (κ3) is 1.70. The number of carbonyl (C=O) groups excluding carboxylic acids is 2. The molecule has 0 saturated carbocycles. The Morgan fingerprint density at radius 2 is 1.87 bits per heavy atom. The molecule has 0 aromatic heterocycles. The lowest BCUT2D eigenvalue weighted by Crippen LogP contribution is -2.24. The van der Waals surface area contributed by atoms with Crippen molar-refractivity contribution in [2.24, 2.45) is 0 Å². The lowest BCUT2D eigenvalue weighted by Gasteiger charge is -2.07. The lowest BCUT2D eigenvalue weighted by atomic mass is 10.1. The number of hydrogen-bond acceptors (Lipinski definition) is 4. The summed E-state index contributed by atoms with van der Waals surface area (Å²) in [7, 11) is 1.47. The van der Waals surface area contributed by atoms with Crippen LogP contribution in [-0.4, -0.2) is 28.2 Å². The summed E-state index contributed by atoms with van der Waals surface area (Å²) in [5.41, 5.74) is 0.737. The maximum Gasteiger partial charge on any atom is 0.289 e. The SMILES string of the molecule is CN1C(=O)SC(c2ccc(O)cc2)C1=O. The predicted molar refractivity (Wildman–Crippen MR) is 56.6 cm³/mol. The van der Waals surface area contributed by atoms with E-state index >= 15 is 0 Å². The van der Waals surface area contributed by atoms with Gasteiger partial charge in [0.15, 0.2) is 0 Å². The maximum absolute atomic E-state index is 11.6. The van der Waals surface area contributed by atoms with Crippen LogP contribution in [0.15, 0.2) is 24.3 Å². The van der Waals surface area contributed by atoms with E-state index < -0.39 is 5.25 Å². The molecular formula is C10H9NO3S. The molecule has 5 heteroatoms. The first-order chi connectivity index (χ1) is 7.09. The summed E-state index contributed by atoms with van der Waals surface area (Å²) in [5, 5.41) is 8.39. The number of phenolic OH excluding ortho intramolecular Hbond substituents is 1.